The predicted molar refractivity (Wildman–Crippen MR) is 61.8 cm³/mol. The molecule has 0 atom stereocenters. The Morgan fingerprint density at radius 2 is 2.38 bits per heavy atom. The van der Waals surface area contributed by atoms with Gasteiger partial charge < -0.3 is 10.3 Å². The molecule has 0 aliphatic heterocycles. The van der Waals surface area contributed by atoms with Gasteiger partial charge in [-0.25, -0.2) is 0 Å². The maximum atomic E-state index is 12.2. The number of aromatic nitrogens is 1. The van der Waals surface area contributed by atoms with Gasteiger partial charge in [-0.1, -0.05) is 0 Å². The van der Waals surface area contributed by atoms with E-state index in [0.717, 1.165) is 12.8 Å². The Balaban J connectivity index is 2.19. The summed E-state index contributed by atoms with van der Waals surface area (Å²) in [4.78, 5) is 17.9. The summed E-state index contributed by atoms with van der Waals surface area (Å²) < 4.78 is 0. The van der Waals surface area contributed by atoms with Crippen molar-refractivity contribution in [2.24, 2.45) is 5.84 Å². The normalized spacial score (nSPS) is 15.4. The van der Waals surface area contributed by atoms with Gasteiger partial charge in [0.05, 0.1) is 17.4 Å². The van der Waals surface area contributed by atoms with E-state index in [1.165, 1.54) is 6.42 Å². The lowest BCUT2D eigenvalue weighted by Crippen LogP contribution is -2.41. The summed E-state index contributed by atoms with van der Waals surface area (Å²) >= 11 is 0. The second-order valence-electron chi connectivity index (χ2n) is 4.07. The Kier molecular flexibility index (Phi) is 3.05. The number of hydrogen-bond acceptors (Lipinski definition) is 4. The molecule has 0 spiro atoms. The number of hydrogen-bond donors (Lipinski definition) is 2. The fourth-order valence-electron chi connectivity index (χ4n) is 1.83. The molecule has 1 aromatic rings. The second-order valence-corrected chi connectivity index (χ2v) is 4.07. The second kappa shape index (κ2) is 4.49. The van der Waals surface area contributed by atoms with Crippen molar-refractivity contribution >= 4 is 11.6 Å². The highest BCUT2D eigenvalue weighted by Crippen LogP contribution is 2.26. The zero-order chi connectivity index (χ0) is 11.5. The Hall–Kier alpha value is -1.62. The fraction of sp³-hybridized carbons (Fsp3) is 0.455. The topological polar surface area (TPSA) is 71.2 Å². The molecule has 5 nitrogen and oxygen atoms in total. The molecule has 86 valence electrons. The van der Waals surface area contributed by atoms with Crippen LogP contribution in [-0.2, 0) is 0 Å². The molecule has 3 N–H and O–H groups in total. The van der Waals surface area contributed by atoms with Gasteiger partial charge in [-0.15, -0.1) is 0 Å². The first kappa shape index (κ1) is 10.9. The van der Waals surface area contributed by atoms with Crippen molar-refractivity contribution in [2.75, 3.05) is 12.5 Å². The first-order valence-corrected chi connectivity index (χ1v) is 5.42. The van der Waals surface area contributed by atoms with Gasteiger partial charge in [-0.05, 0) is 25.3 Å². The van der Waals surface area contributed by atoms with Gasteiger partial charge in [-0.3, -0.25) is 15.6 Å². The minimum atomic E-state index is 0.0000463. The summed E-state index contributed by atoms with van der Waals surface area (Å²) in [7, 11) is 1.84. The van der Waals surface area contributed by atoms with E-state index in [1.54, 1.807) is 23.4 Å². The molecule has 1 saturated carbocycles. The first-order valence-electron chi connectivity index (χ1n) is 5.42. The summed E-state index contributed by atoms with van der Waals surface area (Å²) in [6.45, 7) is 0. The van der Waals surface area contributed by atoms with Crippen LogP contribution in [-0.4, -0.2) is 28.9 Å². The quantitative estimate of drug-likeness (QED) is 0.588. The predicted octanol–water partition coefficient (Wildman–Crippen LogP) is 0.992. The number of amides is 1. The average Bonchev–Trinajstić information content (AvgIpc) is 2.25. The molecule has 2 rings (SSSR count). The lowest BCUT2D eigenvalue weighted by molar-refractivity contribution is 0.0653. The highest BCUT2D eigenvalue weighted by molar-refractivity contribution is 5.99. The molecule has 0 saturated heterocycles. The van der Waals surface area contributed by atoms with Crippen molar-refractivity contribution in [2.45, 2.75) is 25.3 Å². The molecule has 0 bridgehead atoms. The summed E-state index contributed by atoms with van der Waals surface area (Å²) in [5, 5.41) is 0. The fourth-order valence-corrected chi connectivity index (χ4v) is 1.83. The van der Waals surface area contributed by atoms with Crippen LogP contribution in [0.3, 0.4) is 0 Å². The van der Waals surface area contributed by atoms with Crippen molar-refractivity contribution in [1.82, 2.24) is 9.88 Å². The van der Waals surface area contributed by atoms with E-state index < -0.39 is 0 Å². The first-order chi connectivity index (χ1) is 7.74. The van der Waals surface area contributed by atoms with Crippen molar-refractivity contribution in [3.63, 3.8) is 0 Å². The molecular formula is C11H16N4O. The maximum absolute atomic E-state index is 12.2. The molecule has 5 heteroatoms. The van der Waals surface area contributed by atoms with Crippen LogP contribution in [0, 0.1) is 0 Å². The Morgan fingerprint density at radius 1 is 1.62 bits per heavy atom. The highest BCUT2D eigenvalue weighted by Gasteiger charge is 2.27. The molecule has 1 amide bonds. The number of carbonyl (C=O) groups excluding carboxylic acids is 1. The van der Waals surface area contributed by atoms with Gasteiger partial charge in [0.15, 0.2) is 0 Å². The van der Waals surface area contributed by atoms with Crippen LogP contribution in [0.2, 0.25) is 0 Å². The van der Waals surface area contributed by atoms with E-state index in [0.29, 0.717) is 17.3 Å². The lowest BCUT2D eigenvalue weighted by Gasteiger charge is -2.35. The largest absolute Gasteiger partial charge is 0.339 e. The third-order valence-corrected chi connectivity index (χ3v) is 3.15. The van der Waals surface area contributed by atoms with Gasteiger partial charge in [-0.2, -0.15) is 0 Å². The number of pyridine rings is 1. The molecule has 1 aliphatic rings. The van der Waals surface area contributed by atoms with Crippen LogP contribution in [0.5, 0.6) is 0 Å². The number of nitrogen functional groups attached to an aromatic ring is 1. The molecule has 1 aliphatic carbocycles. The third-order valence-electron chi connectivity index (χ3n) is 3.15. The monoisotopic (exact) mass is 220 g/mol. The van der Waals surface area contributed by atoms with E-state index in [2.05, 4.69) is 10.4 Å². The maximum Gasteiger partial charge on any atom is 0.256 e. The molecule has 0 aromatic carbocycles. The number of carbonyl (C=O) groups is 1. The van der Waals surface area contributed by atoms with Gasteiger partial charge in [0.2, 0.25) is 0 Å². The van der Waals surface area contributed by atoms with Crippen molar-refractivity contribution in [3.8, 4) is 0 Å². The van der Waals surface area contributed by atoms with E-state index in [9.17, 15) is 4.79 Å². The number of nitrogens with two attached hydrogens (primary N) is 1. The van der Waals surface area contributed by atoms with Crippen molar-refractivity contribution in [1.29, 1.82) is 0 Å². The van der Waals surface area contributed by atoms with E-state index >= 15 is 0 Å². The SMILES string of the molecule is CN(C(=O)c1ccncc1NN)C1CCC1. The van der Waals surface area contributed by atoms with Gasteiger partial charge in [0, 0.05) is 19.3 Å². The number of hydrazine groups is 1. The number of anilines is 1. The summed E-state index contributed by atoms with van der Waals surface area (Å²) in [5.41, 5.74) is 3.64. The minimum absolute atomic E-state index is 0.0000463. The van der Waals surface area contributed by atoms with Gasteiger partial charge >= 0.3 is 0 Å². The van der Waals surface area contributed by atoms with Gasteiger partial charge in [0.25, 0.3) is 5.91 Å². The van der Waals surface area contributed by atoms with E-state index in [-0.39, 0.29) is 5.91 Å². The van der Waals surface area contributed by atoms with Crippen LogP contribution < -0.4 is 11.3 Å². The Bertz CT molecular complexity index is 389. The molecule has 0 unspecified atom stereocenters. The molecule has 1 heterocycles. The minimum Gasteiger partial charge on any atom is -0.339 e. The molecular weight excluding hydrogens is 204 g/mol. The third kappa shape index (κ3) is 1.86. The van der Waals surface area contributed by atoms with Crippen LogP contribution in [0.25, 0.3) is 0 Å². The van der Waals surface area contributed by atoms with Crippen LogP contribution in [0.1, 0.15) is 29.6 Å². The van der Waals surface area contributed by atoms with Crippen molar-refractivity contribution in [3.05, 3.63) is 24.0 Å². The van der Waals surface area contributed by atoms with Gasteiger partial charge in [0.1, 0.15) is 0 Å². The average molecular weight is 220 g/mol. The summed E-state index contributed by atoms with van der Waals surface area (Å²) in [6, 6.07) is 2.07. The standard InChI is InChI=1S/C11H16N4O/c1-15(8-3-2-4-8)11(16)9-5-6-13-7-10(9)14-12/h5-8,14H,2-4,12H2,1H3. The summed E-state index contributed by atoms with van der Waals surface area (Å²) in [5.74, 6) is 5.35. The summed E-state index contributed by atoms with van der Waals surface area (Å²) in [6.07, 6.45) is 6.56. The molecule has 1 fully saturated rings. The van der Waals surface area contributed by atoms with E-state index in [1.807, 2.05) is 7.05 Å². The number of nitrogens with one attached hydrogen (secondary N) is 1. The molecule has 16 heavy (non-hydrogen) atoms. The Morgan fingerprint density at radius 3 is 2.94 bits per heavy atom. The molecule has 0 radical (unpaired) electrons. The zero-order valence-corrected chi connectivity index (χ0v) is 9.31. The number of rotatable bonds is 3. The van der Waals surface area contributed by atoms with Crippen LogP contribution >= 0.6 is 0 Å². The van der Waals surface area contributed by atoms with Crippen LogP contribution in [0.4, 0.5) is 5.69 Å². The Labute approximate surface area is 94.6 Å². The zero-order valence-electron chi connectivity index (χ0n) is 9.31. The smallest absolute Gasteiger partial charge is 0.256 e. The lowest BCUT2D eigenvalue weighted by atomic mass is 9.91. The number of nitrogens with zero attached hydrogens (tertiary/aromatic N) is 2. The van der Waals surface area contributed by atoms with Crippen molar-refractivity contribution < 1.29 is 4.79 Å². The molecule has 1 aromatic heterocycles. The van der Waals surface area contributed by atoms with Crippen LogP contribution in [0.15, 0.2) is 18.5 Å². The van der Waals surface area contributed by atoms with E-state index in [4.69, 9.17) is 5.84 Å². The highest BCUT2D eigenvalue weighted by atomic mass is 16.2.